The van der Waals surface area contributed by atoms with Gasteiger partial charge < -0.3 is 50.5 Å². The number of hydrogen-bond donors (Lipinski definition) is 8. The maximum Gasteiger partial charge on any atom is 0.249 e. The van der Waals surface area contributed by atoms with Gasteiger partial charge in [-0.3, -0.25) is 4.79 Å². The molecular weight excluding hydrogens is 919 g/mol. The highest BCUT2D eigenvalue weighted by Gasteiger charge is 2.44. The Bertz CT molecular complexity index is 1320. The first-order valence-corrected chi connectivity index (χ1v) is 30.5. The molecule has 0 aromatic rings. The van der Waals surface area contributed by atoms with Gasteiger partial charge in [0.2, 0.25) is 5.91 Å². The molecular formula is C62H115NO10. The monoisotopic (exact) mass is 1030 g/mol. The van der Waals surface area contributed by atoms with Crippen molar-refractivity contribution >= 4 is 5.91 Å². The number of unbranched alkanes of at least 4 members (excludes halogenated alkanes) is 32. The summed E-state index contributed by atoms with van der Waals surface area (Å²) in [5, 5.41) is 76.1. The van der Waals surface area contributed by atoms with Crippen molar-refractivity contribution in [3.05, 3.63) is 48.6 Å². The molecule has 0 aliphatic carbocycles. The second-order valence-corrected chi connectivity index (χ2v) is 21.4. The molecule has 8 N–H and O–H groups in total. The zero-order valence-corrected chi connectivity index (χ0v) is 46.9. The van der Waals surface area contributed by atoms with Crippen LogP contribution >= 0.6 is 0 Å². The summed E-state index contributed by atoms with van der Waals surface area (Å²) in [6.07, 6.45) is 53.2. The van der Waals surface area contributed by atoms with Crippen molar-refractivity contribution in [2.45, 2.75) is 326 Å². The molecule has 0 bridgehead atoms. The third-order valence-corrected chi connectivity index (χ3v) is 14.6. The Balaban J connectivity index is 2.32. The molecule has 0 radical (unpaired) electrons. The number of amides is 1. The summed E-state index contributed by atoms with van der Waals surface area (Å²) in [7, 11) is 0. The Kier molecular flexibility index (Phi) is 48.1. The fourth-order valence-corrected chi connectivity index (χ4v) is 9.59. The van der Waals surface area contributed by atoms with E-state index in [1.807, 2.05) is 0 Å². The van der Waals surface area contributed by atoms with E-state index in [1.54, 1.807) is 0 Å². The van der Waals surface area contributed by atoms with Gasteiger partial charge in [-0.1, -0.05) is 229 Å². The first kappa shape index (κ1) is 69.1. The molecule has 73 heavy (non-hydrogen) atoms. The van der Waals surface area contributed by atoms with E-state index in [0.29, 0.717) is 19.3 Å². The normalized spacial score (nSPS) is 20.3. The molecule has 0 saturated carbocycles. The van der Waals surface area contributed by atoms with Gasteiger partial charge in [-0.25, -0.2) is 0 Å². The second-order valence-electron chi connectivity index (χ2n) is 21.4. The number of carbonyl (C=O) groups excluding carboxylic acids is 1. The van der Waals surface area contributed by atoms with Crippen LogP contribution in [0.2, 0.25) is 0 Å². The predicted molar refractivity (Wildman–Crippen MR) is 302 cm³/mol. The van der Waals surface area contributed by atoms with Crippen LogP contribution in [0.15, 0.2) is 48.6 Å². The average molecular weight is 1030 g/mol. The van der Waals surface area contributed by atoms with E-state index < -0.39 is 74.2 Å². The Morgan fingerprint density at radius 3 is 1.22 bits per heavy atom. The SMILES string of the molecule is CCCCCCCCCCC/C=C\CCCCCCC(O)C(=O)NC(COC1OC(CO)C(O)C(O)C1O)C(O)C(O)CCC/C=C/CC/C=C/CC/C=C/CCCCCCCCCCCCCCCCCC. The van der Waals surface area contributed by atoms with Gasteiger partial charge in [-0.05, 0) is 89.9 Å². The van der Waals surface area contributed by atoms with Crippen molar-refractivity contribution < 1.29 is 50.0 Å². The summed E-state index contributed by atoms with van der Waals surface area (Å²) in [6.45, 7) is 3.45. The van der Waals surface area contributed by atoms with Crippen LogP contribution in [0.1, 0.15) is 271 Å². The van der Waals surface area contributed by atoms with Crippen molar-refractivity contribution in [2.75, 3.05) is 13.2 Å². The molecule has 1 heterocycles. The summed E-state index contributed by atoms with van der Waals surface area (Å²) in [4.78, 5) is 13.2. The summed E-state index contributed by atoms with van der Waals surface area (Å²) >= 11 is 0. The third-order valence-electron chi connectivity index (χ3n) is 14.6. The highest BCUT2D eigenvalue weighted by Crippen LogP contribution is 2.23. The molecule has 0 aromatic heterocycles. The molecule has 9 unspecified atom stereocenters. The van der Waals surface area contributed by atoms with E-state index in [9.17, 15) is 40.5 Å². The summed E-state index contributed by atoms with van der Waals surface area (Å²) in [5.41, 5.74) is 0. The molecule has 11 heteroatoms. The molecule has 428 valence electrons. The highest BCUT2D eigenvalue weighted by atomic mass is 16.7. The van der Waals surface area contributed by atoms with Crippen LogP contribution in [-0.4, -0.2) is 110 Å². The zero-order valence-electron chi connectivity index (χ0n) is 46.9. The van der Waals surface area contributed by atoms with Crippen molar-refractivity contribution in [2.24, 2.45) is 0 Å². The average Bonchev–Trinajstić information content (AvgIpc) is 3.39. The van der Waals surface area contributed by atoms with Gasteiger partial charge in [0.25, 0.3) is 0 Å². The zero-order chi connectivity index (χ0) is 53.3. The Labute approximate surface area is 447 Å². The molecule has 1 rings (SSSR count). The lowest BCUT2D eigenvalue weighted by Gasteiger charge is -2.40. The van der Waals surface area contributed by atoms with Crippen LogP contribution < -0.4 is 5.32 Å². The Morgan fingerprint density at radius 1 is 0.466 bits per heavy atom. The van der Waals surface area contributed by atoms with Gasteiger partial charge >= 0.3 is 0 Å². The van der Waals surface area contributed by atoms with Gasteiger partial charge in [0.1, 0.15) is 36.6 Å². The number of aliphatic hydroxyl groups excluding tert-OH is 7. The number of hydrogen-bond acceptors (Lipinski definition) is 10. The van der Waals surface area contributed by atoms with E-state index in [2.05, 4.69) is 67.8 Å². The maximum absolute atomic E-state index is 13.2. The van der Waals surface area contributed by atoms with E-state index in [0.717, 1.165) is 57.8 Å². The minimum absolute atomic E-state index is 0.234. The molecule has 0 aromatic carbocycles. The molecule has 1 amide bonds. The summed E-state index contributed by atoms with van der Waals surface area (Å²) < 4.78 is 11.1. The number of rotatable bonds is 52. The molecule has 1 fully saturated rings. The number of nitrogens with one attached hydrogen (secondary N) is 1. The van der Waals surface area contributed by atoms with Crippen molar-refractivity contribution in [1.29, 1.82) is 0 Å². The number of ether oxygens (including phenoxy) is 2. The fraction of sp³-hybridized carbons (Fsp3) is 0.855. The second kappa shape index (κ2) is 50.9. The molecule has 9 atom stereocenters. The van der Waals surface area contributed by atoms with Crippen LogP contribution in [0, 0.1) is 0 Å². The van der Waals surface area contributed by atoms with Gasteiger partial charge in [0.15, 0.2) is 6.29 Å². The number of aliphatic hydroxyl groups is 7. The summed E-state index contributed by atoms with van der Waals surface area (Å²) in [5.74, 6) is -0.720. The quantitative estimate of drug-likeness (QED) is 0.0215. The van der Waals surface area contributed by atoms with Crippen LogP contribution in [0.4, 0.5) is 0 Å². The van der Waals surface area contributed by atoms with E-state index >= 15 is 0 Å². The lowest BCUT2D eigenvalue weighted by atomic mass is 9.98. The van der Waals surface area contributed by atoms with Crippen molar-refractivity contribution in [3.63, 3.8) is 0 Å². The standard InChI is InChI=1S/C62H115NO10/c1-3-5-7-9-11-13-15-17-19-21-22-23-24-25-26-27-28-29-30-31-32-34-35-37-39-41-43-45-47-49-54(65)57(67)53(52-72-62-60(70)59(69)58(68)56(51-64)73-62)63-61(71)55(66)50-48-46-44-42-40-38-36-33-20-18-16-14-12-10-8-6-4-2/h29-30,34-36,38,41,43,53-60,62,64-70H,3-28,31-33,37,39-40,42,44-52H2,1-2H3,(H,63,71)/b30-29+,35-34+,38-36-,43-41+. The molecule has 1 aliphatic heterocycles. The number of carbonyl (C=O) groups is 1. The van der Waals surface area contributed by atoms with Gasteiger partial charge in [-0.2, -0.15) is 0 Å². The fourth-order valence-electron chi connectivity index (χ4n) is 9.59. The third kappa shape index (κ3) is 39.1. The molecule has 11 nitrogen and oxygen atoms in total. The molecule has 0 spiro atoms. The van der Waals surface area contributed by atoms with Crippen LogP contribution in [0.3, 0.4) is 0 Å². The Morgan fingerprint density at radius 2 is 0.822 bits per heavy atom. The predicted octanol–water partition coefficient (Wildman–Crippen LogP) is 13.2. The lowest BCUT2D eigenvalue weighted by molar-refractivity contribution is -0.303. The minimum Gasteiger partial charge on any atom is -0.394 e. The smallest absolute Gasteiger partial charge is 0.249 e. The van der Waals surface area contributed by atoms with Gasteiger partial charge in [-0.15, -0.1) is 0 Å². The maximum atomic E-state index is 13.2. The minimum atomic E-state index is -1.68. The molecule has 1 aliphatic rings. The first-order chi connectivity index (χ1) is 35.7. The Hall–Kier alpha value is -1.93. The van der Waals surface area contributed by atoms with Crippen molar-refractivity contribution in [1.82, 2.24) is 5.32 Å². The van der Waals surface area contributed by atoms with E-state index in [4.69, 9.17) is 9.47 Å². The number of allylic oxidation sites excluding steroid dienone is 8. The molecule has 1 saturated heterocycles. The van der Waals surface area contributed by atoms with E-state index in [-0.39, 0.29) is 12.8 Å². The lowest BCUT2D eigenvalue weighted by Crippen LogP contribution is -2.60. The highest BCUT2D eigenvalue weighted by molar-refractivity contribution is 5.80. The summed E-state index contributed by atoms with van der Waals surface area (Å²) in [6, 6.07) is -1.20. The van der Waals surface area contributed by atoms with Crippen LogP contribution in [-0.2, 0) is 14.3 Å². The van der Waals surface area contributed by atoms with Crippen LogP contribution in [0.5, 0.6) is 0 Å². The van der Waals surface area contributed by atoms with Crippen LogP contribution in [0.25, 0.3) is 0 Å². The van der Waals surface area contributed by atoms with Gasteiger partial charge in [0, 0.05) is 0 Å². The topological polar surface area (TPSA) is 189 Å². The first-order valence-electron chi connectivity index (χ1n) is 30.5. The van der Waals surface area contributed by atoms with E-state index in [1.165, 1.54) is 167 Å². The van der Waals surface area contributed by atoms with Crippen molar-refractivity contribution in [3.8, 4) is 0 Å². The largest absolute Gasteiger partial charge is 0.394 e. The van der Waals surface area contributed by atoms with Gasteiger partial charge in [0.05, 0.1) is 25.4 Å².